The molecular weight excluding hydrogens is 262 g/mol. The highest BCUT2D eigenvalue weighted by atomic mass is 16.4. The Labute approximate surface area is 123 Å². The van der Waals surface area contributed by atoms with Crippen LogP contribution in [0.1, 0.15) is 25.0 Å². The summed E-state index contributed by atoms with van der Waals surface area (Å²) < 4.78 is 0. The number of hydrogen-bond acceptors (Lipinski definition) is 3. The molecule has 3 nitrogen and oxygen atoms in total. The summed E-state index contributed by atoms with van der Waals surface area (Å²) in [6, 6.07) is 15.4. The zero-order chi connectivity index (χ0) is 14.8. The molecule has 3 atom stereocenters. The van der Waals surface area contributed by atoms with Crippen molar-refractivity contribution in [1.29, 1.82) is 0 Å². The predicted octanol–water partition coefficient (Wildman–Crippen LogP) is 2.81. The van der Waals surface area contributed by atoms with Gasteiger partial charge >= 0.3 is 0 Å². The molecule has 0 amide bonds. The summed E-state index contributed by atoms with van der Waals surface area (Å²) in [4.78, 5) is 4.46. The summed E-state index contributed by atoms with van der Waals surface area (Å²) in [6.45, 7) is 3.78. The second-order valence-electron chi connectivity index (χ2n) is 6.00. The highest BCUT2D eigenvalue weighted by Crippen LogP contribution is 2.58. The molecule has 3 heteroatoms. The second-order valence-corrected chi connectivity index (χ2v) is 6.00. The lowest BCUT2D eigenvalue weighted by Crippen LogP contribution is -2.51. The molecule has 0 fully saturated rings. The van der Waals surface area contributed by atoms with Crippen LogP contribution < -0.4 is 0 Å². The van der Waals surface area contributed by atoms with Gasteiger partial charge in [0.2, 0.25) is 5.72 Å². The van der Waals surface area contributed by atoms with Gasteiger partial charge in [-0.2, -0.15) is 0 Å². The molecule has 106 valence electrons. The van der Waals surface area contributed by atoms with Crippen molar-refractivity contribution in [2.75, 3.05) is 0 Å². The van der Waals surface area contributed by atoms with Crippen LogP contribution in [0, 0.1) is 5.92 Å². The van der Waals surface area contributed by atoms with E-state index in [1.807, 2.05) is 62.4 Å². The van der Waals surface area contributed by atoms with Crippen LogP contribution in [0.15, 0.2) is 53.5 Å². The summed E-state index contributed by atoms with van der Waals surface area (Å²) in [5.74, 6) is -0.239. The minimum absolute atomic E-state index is 0.239. The van der Waals surface area contributed by atoms with E-state index >= 15 is 0 Å². The maximum Gasteiger partial charge on any atom is 0.216 e. The lowest BCUT2D eigenvalue weighted by molar-refractivity contribution is -0.165. The number of nitrogens with zero attached hydrogens (tertiary/aromatic N) is 1. The van der Waals surface area contributed by atoms with E-state index in [9.17, 15) is 10.2 Å². The van der Waals surface area contributed by atoms with Crippen molar-refractivity contribution in [3.8, 4) is 11.1 Å². The third kappa shape index (κ3) is 1.29. The van der Waals surface area contributed by atoms with Gasteiger partial charge in [-0.3, -0.25) is 4.99 Å². The second kappa shape index (κ2) is 3.81. The molecule has 0 saturated heterocycles. The molecule has 21 heavy (non-hydrogen) atoms. The monoisotopic (exact) mass is 279 g/mol. The van der Waals surface area contributed by atoms with Gasteiger partial charge in [0, 0.05) is 17.2 Å². The van der Waals surface area contributed by atoms with Crippen LogP contribution in [0.5, 0.6) is 0 Å². The minimum atomic E-state index is -1.61. The molecule has 2 N–H and O–H groups in total. The first-order valence-corrected chi connectivity index (χ1v) is 7.20. The predicted molar refractivity (Wildman–Crippen MR) is 81.9 cm³/mol. The molecule has 0 saturated carbocycles. The van der Waals surface area contributed by atoms with Gasteiger partial charge in [0.1, 0.15) is 0 Å². The van der Waals surface area contributed by atoms with E-state index in [1.165, 1.54) is 0 Å². The Kier molecular flexibility index (Phi) is 2.31. The first kappa shape index (κ1) is 12.7. The molecule has 1 aliphatic heterocycles. The van der Waals surface area contributed by atoms with Crippen molar-refractivity contribution in [3.63, 3.8) is 0 Å². The molecule has 0 bridgehead atoms. The summed E-state index contributed by atoms with van der Waals surface area (Å²) >= 11 is 0. The SMILES string of the molecule is CC1=N[C@]2(O)c3ccccc3-c3ccccc3[C@@]2(O)[C@@H]1C. The van der Waals surface area contributed by atoms with Crippen molar-refractivity contribution < 1.29 is 10.2 Å². The van der Waals surface area contributed by atoms with Gasteiger partial charge in [-0.15, -0.1) is 0 Å². The molecule has 2 aromatic rings. The third-order valence-electron chi connectivity index (χ3n) is 5.05. The summed E-state index contributed by atoms with van der Waals surface area (Å²) in [5, 5.41) is 22.7. The van der Waals surface area contributed by atoms with Crippen LogP contribution in [0.25, 0.3) is 11.1 Å². The Balaban J connectivity index is 2.17. The quantitative estimate of drug-likeness (QED) is 0.779. The summed E-state index contributed by atoms with van der Waals surface area (Å²) in [5.41, 5.74) is 1.08. The zero-order valence-corrected chi connectivity index (χ0v) is 12.0. The molecule has 0 aromatic heterocycles. The van der Waals surface area contributed by atoms with Gasteiger partial charge in [-0.25, -0.2) is 0 Å². The fourth-order valence-electron chi connectivity index (χ4n) is 3.80. The number of aliphatic imine (C=N–C) groups is 1. The number of aliphatic hydroxyl groups is 2. The van der Waals surface area contributed by atoms with Gasteiger partial charge in [-0.1, -0.05) is 55.5 Å². The van der Waals surface area contributed by atoms with Crippen LogP contribution in [-0.2, 0) is 11.3 Å². The first-order valence-electron chi connectivity index (χ1n) is 7.20. The van der Waals surface area contributed by atoms with Crippen LogP contribution in [0.2, 0.25) is 0 Å². The van der Waals surface area contributed by atoms with Crippen molar-refractivity contribution in [1.82, 2.24) is 0 Å². The molecule has 2 aromatic carbocycles. The largest absolute Gasteiger partial charge is 0.379 e. The average Bonchev–Trinajstić information content (AvgIpc) is 2.69. The minimum Gasteiger partial charge on any atom is -0.379 e. The van der Waals surface area contributed by atoms with E-state index in [2.05, 4.69) is 4.99 Å². The van der Waals surface area contributed by atoms with Gasteiger partial charge < -0.3 is 10.2 Å². The highest BCUT2D eigenvalue weighted by Gasteiger charge is 2.63. The Morgan fingerprint density at radius 1 is 0.905 bits per heavy atom. The van der Waals surface area contributed by atoms with E-state index < -0.39 is 11.3 Å². The fraction of sp³-hybridized carbons (Fsp3) is 0.278. The van der Waals surface area contributed by atoms with E-state index in [0.717, 1.165) is 22.4 Å². The van der Waals surface area contributed by atoms with E-state index in [4.69, 9.17) is 0 Å². The Morgan fingerprint density at radius 3 is 2.10 bits per heavy atom. The average molecular weight is 279 g/mol. The van der Waals surface area contributed by atoms with Gasteiger partial charge in [-0.05, 0) is 23.6 Å². The third-order valence-corrected chi connectivity index (χ3v) is 5.05. The molecule has 4 rings (SSSR count). The molecule has 2 aliphatic rings. The molecule has 1 aliphatic carbocycles. The number of hydrogen-bond donors (Lipinski definition) is 2. The Bertz CT molecular complexity index is 782. The standard InChI is InChI=1S/C18H17NO2/c1-11-12(2)19-18(21)16-10-6-4-8-14(16)13-7-3-5-9-15(13)17(11,18)20/h3-11,20-21H,1-2H3/t11-,17+,18+/m1/s1. The fourth-order valence-corrected chi connectivity index (χ4v) is 3.80. The van der Waals surface area contributed by atoms with Crippen molar-refractivity contribution >= 4 is 5.71 Å². The number of rotatable bonds is 0. The van der Waals surface area contributed by atoms with Gasteiger partial charge in [0.05, 0.1) is 0 Å². The molecule has 0 unspecified atom stereocenters. The molecule has 0 spiro atoms. The maximum absolute atomic E-state index is 11.4. The Hall–Kier alpha value is -1.97. The van der Waals surface area contributed by atoms with E-state index in [1.54, 1.807) is 0 Å². The molecular formula is C18H17NO2. The number of fused-ring (bicyclic) bond motifs is 6. The van der Waals surface area contributed by atoms with Gasteiger partial charge in [0.25, 0.3) is 0 Å². The zero-order valence-electron chi connectivity index (χ0n) is 12.0. The van der Waals surface area contributed by atoms with Crippen molar-refractivity contribution in [2.45, 2.75) is 25.2 Å². The normalized spacial score (nSPS) is 33.0. The van der Waals surface area contributed by atoms with Gasteiger partial charge in [0.15, 0.2) is 5.60 Å². The van der Waals surface area contributed by atoms with Crippen LogP contribution >= 0.6 is 0 Å². The topological polar surface area (TPSA) is 52.8 Å². The number of benzene rings is 2. The van der Waals surface area contributed by atoms with E-state index in [-0.39, 0.29) is 5.92 Å². The highest BCUT2D eigenvalue weighted by molar-refractivity contribution is 5.91. The summed E-state index contributed by atoms with van der Waals surface area (Å²) in [6.07, 6.45) is 0. The van der Waals surface area contributed by atoms with Crippen molar-refractivity contribution in [3.05, 3.63) is 59.7 Å². The summed E-state index contributed by atoms with van der Waals surface area (Å²) in [7, 11) is 0. The van der Waals surface area contributed by atoms with Crippen molar-refractivity contribution in [2.24, 2.45) is 10.9 Å². The maximum atomic E-state index is 11.4. The Morgan fingerprint density at radius 2 is 1.43 bits per heavy atom. The lowest BCUT2D eigenvalue weighted by atomic mass is 9.66. The molecule has 0 radical (unpaired) electrons. The molecule has 1 heterocycles. The van der Waals surface area contributed by atoms with Crippen LogP contribution in [-0.4, -0.2) is 15.9 Å². The van der Waals surface area contributed by atoms with E-state index in [0.29, 0.717) is 5.56 Å². The smallest absolute Gasteiger partial charge is 0.216 e. The first-order chi connectivity index (χ1) is 10.00. The lowest BCUT2D eigenvalue weighted by Gasteiger charge is -2.45. The van der Waals surface area contributed by atoms with Crippen LogP contribution in [0.4, 0.5) is 0 Å². The van der Waals surface area contributed by atoms with Crippen LogP contribution in [0.3, 0.4) is 0 Å².